The minimum Gasteiger partial charge on any atom is -0.360 e. The SMILES string of the molecule is CC(C)C(C)NC(=O)CN(CCCN)c1ccccc1F. The van der Waals surface area contributed by atoms with Crippen LogP contribution in [-0.2, 0) is 4.79 Å². The lowest BCUT2D eigenvalue weighted by molar-refractivity contribution is -0.120. The van der Waals surface area contributed by atoms with Crippen molar-refractivity contribution in [1.29, 1.82) is 0 Å². The summed E-state index contributed by atoms with van der Waals surface area (Å²) in [6.45, 7) is 7.27. The largest absolute Gasteiger partial charge is 0.360 e. The zero-order valence-corrected chi connectivity index (χ0v) is 13.1. The van der Waals surface area contributed by atoms with Crippen LogP contribution in [0.25, 0.3) is 0 Å². The molecule has 0 radical (unpaired) electrons. The molecule has 21 heavy (non-hydrogen) atoms. The zero-order chi connectivity index (χ0) is 15.8. The summed E-state index contributed by atoms with van der Waals surface area (Å²) in [5, 5.41) is 2.94. The maximum absolute atomic E-state index is 13.9. The maximum atomic E-state index is 13.9. The highest BCUT2D eigenvalue weighted by Crippen LogP contribution is 2.18. The number of nitrogens with one attached hydrogen (secondary N) is 1. The van der Waals surface area contributed by atoms with E-state index in [9.17, 15) is 9.18 Å². The molecule has 0 aliphatic heterocycles. The van der Waals surface area contributed by atoms with E-state index in [0.29, 0.717) is 31.1 Å². The quantitative estimate of drug-likeness (QED) is 0.772. The maximum Gasteiger partial charge on any atom is 0.239 e. The summed E-state index contributed by atoms with van der Waals surface area (Å²) in [4.78, 5) is 13.9. The topological polar surface area (TPSA) is 58.4 Å². The molecule has 4 nitrogen and oxygen atoms in total. The second-order valence-corrected chi connectivity index (χ2v) is 5.62. The van der Waals surface area contributed by atoms with Gasteiger partial charge in [0.05, 0.1) is 12.2 Å². The predicted molar refractivity (Wildman–Crippen MR) is 84.7 cm³/mol. The Bertz CT molecular complexity index is 451. The molecule has 0 aliphatic carbocycles. The van der Waals surface area contributed by atoms with E-state index in [4.69, 9.17) is 5.73 Å². The zero-order valence-electron chi connectivity index (χ0n) is 13.1. The van der Waals surface area contributed by atoms with Crippen molar-refractivity contribution >= 4 is 11.6 Å². The van der Waals surface area contributed by atoms with Crippen LogP contribution in [0.4, 0.5) is 10.1 Å². The number of carbonyl (C=O) groups excluding carboxylic acids is 1. The monoisotopic (exact) mass is 295 g/mol. The number of nitrogens with two attached hydrogens (primary N) is 1. The van der Waals surface area contributed by atoms with Crippen molar-refractivity contribution in [2.45, 2.75) is 33.2 Å². The van der Waals surface area contributed by atoms with Gasteiger partial charge in [0.1, 0.15) is 5.82 Å². The van der Waals surface area contributed by atoms with Crippen molar-refractivity contribution in [1.82, 2.24) is 5.32 Å². The van der Waals surface area contributed by atoms with Crippen LogP contribution in [0.1, 0.15) is 27.2 Å². The summed E-state index contributed by atoms with van der Waals surface area (Å²) >= 11 is 0. The van der Waals surface area contributed by atoms with Gasteiger partial charge in [-0.1, -0.05) is 26.0 Å². The lowest BCUT2D eigenvalue weighted by atomic mass is 10.1. The fourth-order valence-corrected chi connectivity index (χ4v) is 1.91. The van der Waals surface area contributed by atoms with Crippen molar-refractivity contribution < 1.29 is 9.18 Å². The third-order valence-electron chi connectivity index (χ3n) is 3.55. The lowest BCUT2D eigenvalue weighted by Crippen LogP contribution is -2.43. The average molecular weight is 295 g/mol. The number of hydrogen-bond acceptors (Lipinski definition) is 3. The number of hydrogen-bond donors (Lipinski definition) is 2. The van der Waals surface area contributed by atoms with Crippen LogP contribution in [0.15, 0.2) is 24.3 Å². The van der Waals surface area contributed by atoms with Gasteiger partial charge in [0.25, 0.3) is 0 Å². The molecule has 1 aromatic rings. The summed E-state index contributed by atoms with van der Waals surface area (Å²) in [6, 6.07) is 6.59. The Morgan fingerprint density at radius 3 is 2.57 bits per heavy atom. The highest BCUT2D eigenvalue weighted by Gasteiger charge is 2.17. The van der Waals surface area contributed by atoms with Gasteiger partial charge in [-0.25, -0.2) is 4.39 Å². The third kappa shape index (κ3) is 5.71. The first-order valence-electron chi connectivity index (χ1n) is 7.44. The Labute approximate surface area is 126 Å². The Morgan fingerprint density at radius 1 is 1.33 bits per heavy atom. The average Bonchev–Trinajstić information content (AvgIpc) is 2.44. The van der Waals surface area contributed by atoms with E-state index in [1.807, 2.05) is 20.8 Å². The predicted octanol–water partition coefficient (Wildman–Crippen LogP) is 2.14. The highest BCUT2D eigenvalue weighted by molar-refractivity contribution is 5.81. The first-order chi connectivity index (χ1) is 9.95. The van der Waals surface area contributed by atoms with Gasteiger partial charge in [-0.15, -0.1) is 0 Å². The molecule has 0 spiro atoms. The number of rotatable bonds is 8. The van der Waals surface area contributed by atoms with Crippen LogP contribution in [0.2, 0.25) is 0 Å². The Morgan fingerprint density at radius 2 is 2.00 bits per heavy atom. The van der Waals surface area contributed by atoms with E-state index >= 15 is 0 Å². The summed E-state index contributed by atoms with van der Waals surface area (Å²) in [5.41, 5.74) is 5.97. The molecule has 1 aromatic carbocycles. The van der Waals surface area contributed by atoms with Crippen molar-refractivity contribution in [3.63, 3.8) is 0 Å². The Hall–Kier alpha value is -1.62. The Balaban J connectivity index is 2.75. The number of benzene rings is 1. The first-order valence-corrected chi connectivity index (χ1v) is 7.44. The van der Waals surface area contributed by atoms with E-state index in [2.05, 4.69) is 5.32 Å². The molecule has 0 fully saturated rings. The second kappa shape index (κ2) is 8.62. The van der Waals surface area contributed by atoms with Crippen molar-refractivity contribution in [3.8, 4) is 0 Å². The van der Waals surface area contributed by atoms with Crippen LogP contribution in [0.3, 0.4) is 0 Å². The summed E-state index contributed by atoms with van der Waals surface area (Å²) in [7, 11) is 0. The van der Waals surface area contributed by atoms with Crippen molar-refractivity contribution in [2.24, 2.45) is 11.7 Å². The van der Waals surface area contributed by atoms with E-state index in [-0.39, 0.29) is 24.3 Å². The van der Waals surface area contributed by atoms with Gasteiger partial charge in [0, 0.05) is 12.6 Å². The van der Waals surface area contributed by atoms with Gasteiger partial charge in [-0.05, 0) is 37.9 Å². The minimum absolute atomic E-state index is 0.0921. The van der Waals surface area contributed by atoms with Crippen LogP contribution in [0, 0.1) is 11.7 Å². The normalized spacial score (nSPS) is 12.3. The molecule has 5 heteroatoms. The van der Waals surface area contributed by atoms with E-state index in [1.165, 1.54) is 6.07 Å². The van der Waals surface area contributed by atoms with Gasteiger partial charge < -0.3 is 16.0 Å². The standard InChI is InChI=1S/C16H26FN3O/c1-12(2)13(3)19-16(21)11-20(10-6-9-18)15-8-5-4-7-14(15)17/h4-5,7-8,12-13H,6,9-11,18H2,1-3H3,(H,19,21). The second-order valence-electron chi connectivity index (χ2n) is 5.62. The number of para-hydroxylation sites is 1. The fourth-order valence-electron chi connectivity index (χ4n) is 1.91. The molecule has 0 saturated heterocycles. The van der Waals surface area contributed by atoms with Gasteiger partial charge in [0.2, 0.25) is 5.91 Å². The molecule has 118 valence electrons. The van der Waals surface area contributed by atoms with Gasteiger partial charge in [0.15, 0.2) is 0 Å². The molecule has 0 aromatic heterocycles. The Kier molecular flexibility index (Phi) is 7.15. The molecular formula is C16H26FN3O. The van der Waals surface area contributed by atoms with E-state index < -0.39 is 0 Å². The number of nitrogens with zero attached hydrogens (tertiary/aromatic N) is 1. The van der Waals surface area contributed by atoms with Crippen molar-refractivity contribution in [3.05, 3.63) is 30.1 Å². The van der Waals surface area contributed by atoms with Crippen LogP contribution < -0.4 is 16.0 Å². The summed E-state index contributed by atoms with van der Waals surface area (Å²) in [6.07, 6.45) is 0.710. The molecule has 1 rings (SSSR count). The van der Waals surface area contributed by atoms with Crippen molar-refractivity contribution in [2.75, 3.05) is 24.5 Å². The molecule has 3 N–H and O–H groups in total. The van der Waals surface area contributed by atoms with Gasteiger partial charge >= 0.3 is 0 Å². The fraction of sp³-hybridized carbons (Fsp3) is 0.562. The van der Waals surface area contributed by atoms with Crippen LogP contribution in [-0.4, -0.2) is 31.6 Å². The smallest absolute Gasteiger partial charge is 0.239 e. The molecule has 1 amide bonds. The first kappa shape index (κ1) is 17.4. The molecule has 1 unspecified atom stereocenters. The van der Waals surface area contributed by atoms with Gasteiger partial charge in [-0.3, -0.25) is 4.79 Å². The van der Waals surface area contributed by atoms with Crippen LogP contribution >= 0.6 is 0 Å². The number of anilines is 1. The number of amides is 1. The lowest BCUT2D eigenvalue weighted by Gasteiger charge is -2.26. The molecule has 1 atom stereocenters. The summed E-state index contributed by atoms with van der Waals surface area (Å²) < 4.78 is 13.9. The highest BCUT2D eigenvalue weighted by atomic mass is 19.1. The third-order valence-corrected chi connectivity index (χ3v) is 3.55. The minimum atomic E-state index is -0.320. The van der Waals surface area contributed by atoms with E-state index in [1.54, 1.807) is 23.1 Å². The van der Waals surface area contributed by atoms with E-state index in [0.717, 1.165) is 0 Å². The molecule has 0 aliphatic rings. The molecule has 0 bridgehead atoms. The number of halogens is 1. The van der Waals surface area contributed by atoms with Gasteiger partial charge in [-0.2, -0.15) is 0 Å². The molecule has 0 saturated carbocycles. The summed E-state index contributed by atoms with van der Waals surface area (Å²) in [5.74, 6) is -0.0596. The number of carbonyl (C=O) groups is 1. The molecule has 0 heterocycles. The molecular weight excluding hydrogens is 269 g/mol. The van der Waals surface area contributed by atoms with Crippen LogP contribution in [0.5, 0.6) is 0 Å².